The summed E-state index contributed by atoms with van der Waals surface area (Å²) in [5.74, 6) is -3.64. The van der Waals surface area contributed by atoms with Crippen LogP contribution in [0.1, 0.15) is 22.3 Å². The van der Waals surface area contributed by atoms with Gasteiger partial charge in [0.1, 0.15) is 30.0 Å². The van der Waals surface area contributed by atoms with Crippen molar-refractivity contribution in [3.63, 3.8) is 0 Å². The first-order valence-corrected chi connectivity index (χ1v) is 16.1. The van der Waals surface area contributed by atoms with Gasteiger partial charge in [0.2, 0.25) is 29.5 Å². The summed E-state index contributed by atoms with van der Waals surface area (Å²) in [6, 6.07) is 28.2. The molecule has 0 saturated carbocycles. The van der Waals surface area contributed by atoms with Crippen LogP contribution in [0.15, 0.2) is 115 Å². The maximum Gasteiger partial charge on any atom is 0.243 e. The number of halogens is 1. The van der Waals surface area contributed by atoms with Gasteiger partial charge in [-0.3, -0.25) is 24.0 Å². The van der Waals surface area contributed by atoms with E-state index in [1.54, 1.807) is 0 Å². The summed E-state index contributed by atoms with van der Waals surface area (Å²) in [5.41, 5.74) is 2.85. The van der Waals surface area contributed by atoms with E-state index in [2.05, 4.69) is 26.6 Å². The Morgan fingerprint density at radius 3 is 1.14 bits per heavy atom. The maximum absolute atomic E-state index is 14.0. The van der Waals surface area contributed by atoms with Crippen molar-refractivity contribution in [3.05, 3.63) is 143 Å². The van der Waals surface area contributed by atoms with Crippen molar-refractivity contribution in [2.75, 3.05) is 6.54 Å². The van der Waals surface area contributed by atoms with Crippen LogP contribution in [0.2, 0.25) is 0 Å². The van der Waals surface area contributed by atoms with Crippen LogP contribution in [0, 0.1) is 5.82 Å². The second kappa shape index (κ2) is 16.8. The third kappa shape index (κ3) is 10.3. The van der Waals surface area contributed by atoms with Crippen molar-refractivity contribution in [2.45, 2.75) is 49.9 Å². The highest BCUT2D eigenvalue weighted by Gasteiger charge is 2.33. The van der Waals surface area contributed by atoms with Crippen LogP contribution in [0.4, 0.5) is 4.39 Å². The standard InChI is InChI=1S/C38H38FN5O5/c39-29-18-16-28(17-19-29)23-30-35(46)40-24-34(45)41-31(20-25-10-4-1-5-11-25)36(47)43-33(22-27-14-8-3-9-15-27)38(49)44-32(37(48)42-30)21-26-12-6-2-7-13-26/h1-19,30-33H,20-24H2,(H,40,46)(H,41,45)(H,42,48)(H,43,47)(H,44,49)/t30-,31+,32+,33-/m0/s1. The number of rotatable bonds is 8. The van der Waals surface area contributed by atoms with Crippen LogP contribution in [0.5, 0.6) is 0 Å². The van der Waals surface area contributed by atoms with Gasteiger partial charge in [0.25, 0.3) is 0 Å². The number of hydrogen-bond acceptors (Lipinski definition) is 5. The average Bonchev–Trinajstić information content (AvgIpc) is 3.11. The molecule has 1 aliphatic rings. The molecule has 5 rings (SSSR count). The van der Waals surface area contributed by atoms with Gasteiger partial charge in [0.05, 0.1) is 6.54 Å². The highest BCUT2D eigenvalue weighted by molar-refractivity contribution is 5.97. The lowest BCUT2D eigenvalue weighted by molar-refractivity contribution is -0.133. The average molecular weight is 664 g/mol. The van der Waals surface area contributed by atoms with Gasteiger partial charge in [-0.15, -0.1) is 0 Å². The lowest BCUT2D eigenvalue weighted by Gasteiger charge is -2.26. The minimum absolute atomic E-state index is 0.0151. The summed E-state index contributed by atoms with van der Waals surface area (Å²) in [4.78, 5) is 68.4. The van der Waals surface area contributed by atoms with Crippen molar-refractivity contribution in [1.82, 2.24) is 26.6 Å². The molecule has 1 aliphatic heterocycles. The van der Waals surface area contributed by atoms with Crippen LogP contribution in [0.3, 0.4) is 0 Å². The van der Waals surface area contributed by atoms with Crippen molar-refractivity contribution in [2.24, 2.45) is 0 Å². The second-order valence-corrected chi connectivity index (χ2v) is 11.9. The van der Waals surface area contributed by atoms with Crippen LogP contribution in [-0.4, -0.2) is 60.2 Å². The largest absolute Gasteiger partial charge is 0.345 e. The Balaban J connectivity index is 1.50. The van der Waals surface area contributed by atoms with Crippen molar-refractivity contribution < 1.29 is 28.4 Å². The Morgan fingerprint density at radius 2 is 0.755 bits per heavy atom. The summed E-state index contributed by atoms with van der Waals surface area (Å²) in [6.45, 7) is -0.481. The number of nitrogens with one attached hydrogen (secondary N) is 5. The molecule has 0 bridgehead atoms. The lowest BCUT2D eigenvalue weighted by Crippen LogP contribution is -2.59. The molecule has 49 heavy (non-hydrogen) atoms. The van der Waals surface area contributed by atoms with E-state index in [9.17, 15) is 28.4 Å². The van der Waals surface area contributed by atoms with Gasteiger partial charge in [0.15, 0.2) is 0 Å². The number of carbonyl (C=O) groups excluding carboxylic acids is 5. The van der Waals surface area contributed by atoms with E-state index in [1.807, 2.05) is 91.0 Å². The van der Waals surface area contributed by atoms with E-state index >= 15 is 0 Å². The summed E-state index contributed by atoms with van der Waals surface area (Å²) in [5, 5.41) is 13.6. The molecule has 0 aromatic heterocycles. The molecule has 4 atom stereocenters. The van der Waals surface area contributed by atoms with E-state index in [-0.39, 0.29) is 25.7 Å². The minimum atomic E-state index is -1.17. The smallest absolute Gasteiger partial charge is 0.243 e. The molecule has 0 unspecified atom stereocenters. The van der Waals surface area contributed by atoms with Gasteiger partial charge in [-0.2, -0.15) is 0 Å². The van der Waals surface area contributed by atoms with E-state index in [1.165, 1.54) is 24.3 Å². The number of amides is 5. The molecule has 5 amide bonds. The summed E-state index contributed by atoms with van der Waals surface area (Å²) in [7, 11) is 0. The fraction of sp³-hybridized carbons (Fsp3) is 0.237. The summed E-state index contributed by atoms with van der Waals surface area (Å²) in [6.07, 6.45) is 0.304. The van der Waals surface area contributed by atoms with Gasteiger partial charge < -0.3 is 26.6 Å². The Kier molecular flexibility index (Phi) is 11.8. The van der Waals surface area contributed by atoms with E-state index in [0.29, 0.717) is 5.56 Å². The lowest BCUT2D eigenvalue weighted by atomic mass is 10.0. The summed E-state index contributed by atoms with van der Waals surface area (Å²) >= 11 is 0. The number of benzene rings is 4. The predicted octanol–water partition coefficient (Wildman–Crippen LogP) is 2.17. The molecule has 252 valence electrons. The molecule has 4 aromatic rings. The fourth-order valence-electron chi connectivity index (χ4n) is 5.60. The summed E-state index contributed by atoms with van der Waals surface area (Å²) < 4.78 is 13.7. The third-order valence-corrected chi connectivity index (χ3v) is 8.17. The van der Waals surface area contributed by atoms with Crippen LogP contribution < -0.4 is 26.6 Å². The SMILES string of the molecule is O=C1CNC(=O)[C@H](Cc2ccc(F)cc2)NC(=O)[C@@H](Cc2ccccc2)NC(=O)[C@H](Cc2ccccc2)NC(=O)[C@@H](Cc2ccccc2)N1. The van der Waals surface area contributed by atoms with Crippen molar-refractivity contribution in [3.8, 4) is 0 Å². The molecular formula is C38H38FN5O5. The van der Waals surface area contributed by atoms with E-state index < -0.39 is 66.1 Å². The Hall–Kier alpha value is -5.84. The molecule has 0 spiro atoms. The van der Waals surface area contributed by atoms with Crippen LogP contribution in [0.25, 0.3) is 0 Å². The molecule has 1 fully saturated rings. The normalized spacial score (nSPS) is 20.8. The Bertz CT molecular complexity index is 1740. The number of hydrogen-bond donors (Lipinski definition) is 5. The molecule has 0 radical (unpaired) electrons. The molecular weight excluding hydrogens is 625 g/mol. The fourth-order valence-corrected chi connectivity index (χ4v) is 5.60. The first kappa shape index (κ1) is 34.5. The molecule has 10 nitrogen and oxygen atoms in total. The molecule has 0 aliphatic carbocycles. The topological polar surface area (TPSA) is 146 Å². The first-order valence-electron chi connectivity index (χ1n) is 16.1. The molecule has 5 N–H and O–H groups in total. The molecule has 1 heterocycles. The Labute approximate surface area is 283 Å². The molecule has 1 saturated heterocycles. The number of carbonyl (C=O) groups is 5. The van der Waals surface area contributed by atoms with Crippen molar-refractivity contribution >= 4 is 29.5 Å². The highest BCUT2D eigenvalue weighted by Crippen LogP contribution is 2.11. The third-order valence-electron chi connectivity index (χ3n) is 8.17. The van der Waals surface area contributed by atoms with Gasteiger partial charge in [-0.05, 0) is 34.4 Å². The zero-order chi connectivity index (χ0) is 34.6. The highest BCUT2D eigenvalue weighted by atomic mass is 19.1. The molecule has 4 aromatic carbocycles. The van der Waals surface area contributed by atoms with E-state index in [4.69, 9.17) is 0 Å². The zero-order valence-electron chi connectivity index (χ0n) is 26.7. The van der Waals surface area contributed by atoms with Gasteiger partial charge in [-0.1, -0.05) is 103 Å². The van der Waals surface area contributed by atoms with Gasteiger partial charge in [-0.25, -0.2) is 4.39 Å². The monoisotopic (exact) mass is 663 g/mol. The van der Waals surface area contributed by atoms with Crippen molar-refractivity contribution in [1.29, 1.82) is 0 Å². The van der Waals surface area contributed by atoms with Crippen LogP contribution in [-0.2, 0) is 49.7 Å². The maximum atomic E-state index is 14.0. The quantitative estimate of drug-likeness (QED) is 0.196. The Morgan fingerprint density at radius 1 is 0.429 bits per heavy atom. The first-order chi connectivity index (χ1) is 23.7. The van der Waals surface area contributed by atoms with Gasteiger partial charge in [0, 0.05) is 25.7 Å². The zero-order valence-corrected chi connectivity index (χ0v) is 26.7. The van der Waals surface area contributed by atoms with Crippen LogP contribution >= 0.6 is 0 Å². The second-order valence-electron chi connectivity index (χ2n) is 11.9. The predicted molar refractivity (Wildman–Crippen MR) is 181 cm³/mol. The van der Waals surface area contributed by atoms with Gasteiger partial charge >= 0.3 is 0 Å². The van der Waals surface area contributed by atoms with E-state index in [0.717, 1.165) is 16.7 Å². The minimum Gasteiger partial charge on any atom is -0.345 e. The molecule has 11 heteroatoms.